The number of esters is 1. The van der Waals surface area contributed by atoms with Crippen LogP contribution in [0.3, 0.4) is 0 Å². The largest absolute Gasteiger partial charge is 0.459 e. The topological polar surface area (TPSA) is 134 Å². The van der Waals surface area contributed by atoms with Crippen LogP contribution in [0.4, 0.5) is 4.79 Å². The van der Waals surface area contributed by atoms with Gasteiger partial charge in [-0.2, -0.15) is 0 Å². The zero-order chi connectivity index (χ0) is 27.9. The number of ether oxygens (including phenoxy) is 2. The Labute approximate surface area is 224 Å². The molecule has 38 heavy (non-hydrogen) atoms. The summed E-state index contributed by atoms with van der Waals surface area (Å²) in [6.45, 7) is 9.45. The van der Waals surface area contributed by atoms with E-state index in [1.165, 1.54) is 6.08 Å². The first kappa shape index (κ1) is 30.6. The molecule has 1 saturated heterocycles. The molecule has 0 saturated carbocycles. The summed E-state index contributed by atoms with van der Waals surface area (Å²) in [7, 11) is 0. The SMILES string of the molecule is C=CC[C@@H](CC(=O)N1CCC[C@H]1CO)C(=O)NC[C@H](C)OC(=O)[C@@H](CC=C)NC(=O)OCc1ccccc1. The van der Waals surface area contributed by atoms with Gasteiger partial charge in [-0.15, -0.1) is 13.2 Å². The minimum Gasteiger partial charge on any atom is -0.459 e. The highest BCUT2D eigenvalue weighted by Crippen LogP contribution is 2.21. The van der Waals surface area contributed by atoms with Gasteiger partial charge >= 0.3 is 12.1 Å². The highest BCUT2D eigenvalue weighted by molar-refractivity contribution is 5.86. The maximum absolute atomic E-state index is 12.8. The van der Waals surface area contributed by atoms with E-state index in [2.05, 4.69) is 23.8 Å². The first-order chi connectivity index (χ1) is 18.3. The molecule has 3 amide bonds. The number of amides is 3. The molecule has 1 fully saturated rings. The van der Waals surface area contributed by atoms with E-state index in [9.17, 15) is 24.3 Å². The highest BCUT2D eigenvalue weighted by atomic mass is 16.6. The van der Waals surface area contributed by atoms with Crippen molar-refractivity contribution in [2.75, 3.05) is 19.7 Å². The van der Waals surface area contributed by atoms with E-state index in [1.54, 1.807) is 17.9 Å². The quantitative estimate of drug-likeness (QED) is 0.235. The Hall–Kier alpha value is -3.66. The minimum atomic E-state index is -1.00. The van der Waals surface area contributed by atoms with E-state index in [0.29, 0.717) is 13.0 Å². The summed E-state index contributed by atoms with van der Waals surface area (Å²) in [5.41, 5.74) is 0.806. The standard InChI is InChI=1S/C28H39N3O7/c1-4-10-22(16-25(33)31-15-9-14-23(31)18-32)26(34)29-17-20(3)38-27(35)24(11-5-2)30-28(36)37-19-21-12-7-6-8-13-21/h4-8,12-13,20,22-24,32H,1-2,9-11,14-19H2,3H3,(H,29,34)(H,30,36)/t20-,22-,23-,24+/m0/s1. The average molecular weight is 530 g/mol. The van der Waals surface area contributed by atoms with E-state index < -0.39 is 30.1 Å². The third kappa shape index (κ3) is 10.0. The molecule has 1 aliphatic rings. The number of nitrogens with one attached hydrogen (secondary N) is 2. The fourth-order valence-corrected chi connectivity index (χ4v) is 4.16. The van der Waals surface area contributed by atoms with Crippen LogP contribution in [0.2, 0.25) is 0 Å². The second kappa shape index (κ2) is 16.2. The van der Waals surface area contributed by atoms with Crippen LogP contribution in [0.25, 0.3) is 0 Å². The lowest BCUT2D eigenvalue weighted by Gasteiger charge is -2.25. The van der Waals surface area contributed by atoms with Gasteiger partial charge in [0, 0.05) is 13.0 Å². The predicted octanol–water partition coefficient (Wildman–Crippen LogP) is 2.47. The third-order valence-corrected chi connectivity index (χ3v) is 6.22. The smallest absolute Gasteiger partial charge is 0.408 e. The van der Waals surface area contributed by atoms with Gasteiger partial charge in [-0.1, -0.05) is 42.5 Å². The summed E-state index contributed by atoms with van der Waals surface area (Å²) >= 11 is 0. The molecule has 10 nitrogen and oxygen atoms in total. The number of aliphatic hydroxyl groups is 1. The molecule has 0 spiro atoms. The fourth-order valence-electron chi connectivity index (χ4n) is 4.16. The van der Waals surface area contributed by atoms with Crippen LogP contribution < -0.4 is 10.6 Å². The molecule has 0 aromatic heterocycles. The summed E-state index contributed by atoms with van der Waals surface area (Å²) in [5, 5.41) is 14.7. The maximum atomic E-state index is 12.8. The molecule has 4 atom stereocenters. The molecule has 1 aromatic rings. The Morgan fingerprint density at radius 3 is 2.53 bits per heavy atom. The Kier molecular flexibility index (Phi) is 13.1. The molecule has 3 N–H and O–H groups in total. The Morgan fingerprint density at radius 1 is 1.16 bits per heavy atom. The number of carbonyl (C=O) groups excluding carboxylic acids is 4. The second-order valence-corrected chi connectivity index (χ2v) is 9.27. The molecule has 1 aliphatic heterocycles. The van der Waals surface area contributed by atoms with Gasteiger partial charge in [0.1, 0.15) is 18.8 Å². The van der Waals surface area contributed by atoms with Crippen molar-refractivity contribution in [3.05, 3.63) is 61.2 Å². The van der Waals surface area contributed by atoms with Crippen molar-refractivity contribution in [2.45, 2.75) is 63.8 Å². The van der Waals surface area contributed by atoms with Crippen LogP contribution >= 0.6 is 0 Å². The fraction of sp³-hybridized carbons (Fsp3) is 0.500. The Morgan fingerprint density at radius 2 is 1.87 bits per heavy atom. The zero-order valence-corrected chi connectivity index (χ0v) is 22.0. The van der Waals surface area contributed by atoms with E-state index >= 15 is 0 Å². The van der Waals surface area contributed by atoms with Gasteiger partial charge in [0.25, 0.3) is 0 Å². The summed E-state index contributed by atoms with van der Waals surface area (Å²) in [5.74, 6) is -1.85. The van der Waals surface area contributed by atoms with Crippen LogP contribution in [0, 0.1) is 5.92 Å². The highest BCUT2D eigenvalue weighted by Gasteiger charge is 2.31. The van der Waals surface area contributed by atoms with Crippen molar-refractivity contribution in [2.24, 2.45) is 5.92 Å². The number of nitrogens with zero attached hydrogens (tertiary/aromatic N) is 1. The zero-order valence-electron chi connectivity index (χ0n) is 22.0. The van der Waals surface area contributed by atoms with Crippen LogP contribution in [-0.4, -0.2) is 71.8 Å². The average Bonchev–Trinajstić information content (AvgIpc) is 3.40. The van der Waals surface area contributed by atoms with Gasteiger partial charge in [-0.25, -0.2) is 9.59 Å². The molecule has 10 heteroatoms. The van der Waals surface area contributed by atoms with E-state index in [-0.39, 0.29) is 50.5 Å². The van der Waals surface area contributed by atoms with Crippen molar-refractivity contribution < 1.29 is 33.8 Å². The molecule has 0 bridgehead atoms. The first-order valence-electron chi connectivity index (χ1n) is 12.9. The summed E-state index contributed by atoms with van der Waals surface area (Å²) in [6.07, 6.45) is 3.60. The number of hydrogen-bond donors (Lipinski definition) is 3. The molecule has 2 rings (SSSR count). The number of carbonyl (C=O) groups is 4. The molecule has 0 unspecified atom stereocenters. The van der Waals surface area contributed by atoms with Crippen molar-refractivity contribution in [1.82, 2.24) is 15.5 Å². The molecule has 208 valence electrons. The molecule has 0 radical (unpaired) electrons. The minimum absolute atomic E-state index is 0.00105. The van der Waals surface area contributed by atoms with Crippen molar-refractivity contribution >= 4 is 23.9 Å². The lowest BCUT2D eigenvalue weighted by molar-refractivity contribution is -0.151. The van der Waals surface area contributed by atoms with Gasteiger partial charge < -0.3 is 30.1 Å². The third-order valence-electron chi connectivity index (χ3n) is 6.22. The predicted molar refractivity (Wildman–Crippen MR) is 142 cm³/mol. The number of alkyl carbamates (subject to hydrolysis) is 1. The van der Waals surface area contributed by atoms with Crippen LogP contribution in [0.15, 0.2) is 55.6 Å². The number of aliphatic hydroxyl groups excluding tert-OH is 1. The number of likely N-dealkylation sites (tertiary alicyclic amines) is 1. The van der Waals surface area contributed by atoms with Crippen molar-refractivity contribution in [1.29, 1.82) is 0 Å². The van der Waals surface area contributed by atoms with Gasteiger partial charge in [0.2, 0.25) is 11.8 Å². The molecule has 0 aliphatic carbocycles. The lowest BCUT2D eigenvalue weighted by Crippen LogP contribution is -2.45. The van der Waals surface area contributed by atoms with Gasteiger partial charge in [0.15, 0.2) is 0 Å². The Bertz CT molecular complexity index is 953. The Balaban J connectivity index is 1.82. The number of allylic oxidation sites excluding steroid dienone is 1. The second-order valence-electron chi connectivity index (χ2n) is 9.27. The van der Waals surface area contributed by atoms with Gasteiger partial charge in [-0.3, -0.25) is 9.59 Å². The van der Waals surface area contributed by atoms with E-state index in [0.717, 1.165) is 18.4 Å². The van der Waals surface area contributed by atoms with Gasteiger partial charge in [-0.05, 0) is 38.2 Å². The summed E-state index contributed by atoms with van der Waals surface area (Å²) in [6, 6.07) is 7.92. The maximum Gasteiger partial charge on any atom is 0.408 e. The monoisotopic (exact) mass is 529 g/mol. The normalized spacial score (nSPS) is 17.0. The lowest BCUT2D eigenvalue weighted by atomic mass is 9.99. The number of benzene rings is 1. The number of rotatable bonds is 15. The van der Waals surface area contributed by atoms with Crippen molar-refractivity contribution in [3.8, 4) is 0 Å². The van der Waals surface area contributed by atoms with Crippen molar-refractivity contribution in [3.63, 3.8) is 0 Å². The van der Waals surface area contributed by atoms with E-state index in [1.807, 2.05) is 30.3 Å². The molecule has 1 heterocycles. The van der Waals surface area contributed by atoms with Gasteiger partial charge in [0.05, 0.1) is 25.1 Å². The summed E-state index contributed by atoms with van der Waals surface area (Å²) in [4.78, 5) is 52.0. The van der Waals surface area contributed by atoms with Crippen LogP contribution in [0.5, 0.6) is 0 Å². The molecular formula is C28H39N3O7. The van der Waals surface area contributed by atoms with E-state index in [4.69, 9.17) is 9.47 Å². The molecule has 1 aromatic carbocycles. The first-order valence-corrected chi connectivity index (χ1v) is 12.9. The van der Waals surface area contributed by atoms with Crippen LogP contribution in [-0.2, 0) is 30.5 Å². The number of hydrogen-bond acceptors (Lipinski definition) is 7. The summed E-state index contributed by atoms with van der Waals surface area (Å²) < 4.78 is 10.6. The molecular weight excluding hydrogens is 490 g/mol. The van der Waals surface area contributed by atoms with Crippen LogP contribution in [0.1, 0.15) is 44.6 Å².